The lowest BCUT2D eigenvalue weighted by molar-refractivity contribution is 0.0443. The van der Waals surface area contributed by atoms with Gasteiger partial charge in [-0.2, -0.15) is 4.31 Å². The van der Waals surface area contributed by atoms with Crippen LogP contribution in [0.4, 0.5) is 0 Å². The van der Waals surface area contributed by atoms with E-state index < -0.39 is 22.0 Å². The molecular weight excluding hydrogens is 715 g/mol. The summed E-state index contributed by atoms with van der Waals surface area (Å²) in [6, 6.07) is 4.25. The zero-order valence-electron chi connectivity index (χ0n) is 36.8. The largest absolute Gasteiger partial charge is 0.386 e. The van der Waals surface area contributed by atoms with Crippen molar-refractivity contribution in [3.8, 4) is 0 Å². The van der Waals surface area contributed by atoms with Crippen LogP contribution in [0.25, 0.3) is 0 Å². The second-order valence-corrected chi connectivity index (χ2v) is 21.8. The van der Waals surface area contributed by atoms with Crippen LogP contribution < -0.4 is 0 Å². The number of nitrogens with zero attached hydrogens (tertiary/aromatic N) is 1. The van der Waals surface area contributed by atoms with Crippen LogP contribution in [0.5, 0.6) is 0 Å². The van der Waals surface area contributed by atoms with E-state index in [1.807, 2.05) is 0 Å². The van der Waals surface area contributed by atoms with Gasteiger partial charge in [0.05, 0.1) is 21.6 Å². The van der Waals surface area contributed by atoms with Crippen LogP contribution in [-0.4, -0.2) is 36.2 Å². The fraction of sp³-hybridized carbons (Fsp3) is 0.837. The number of carbonyl (C=O) groups is 2. The van der Waals surface area contributed by atoms with Gasteiger partial charge in [-0.3, -0.25) is 0 Å². The molecule has 2 aliphatic carbocycles. The third-order valence-electron chi connectivity index (χ3n) is 15.3. The van der Waals surface area contributed by atoms with Crippen LogP contribution in [0, 0.1) is 47.3 Å². The zero-order chi connectivity index (χ0) is 40.5. The predicted octanol–water partition coefficient (Wildman–Crippen LogP) is 13.6. The van der Waals surface area contributed by atoms with E-state index in [0.717, 1.165) is 36.5 Å². The molecule has 3 fully saturated rings. The molecule has 6 nitrogen and oxygen atoms in total. The van der Waals surface area contributed by atoms with Crippen LogP contribution in [0.2, 0.25) is 0 Å². The van der Waals surface area contributed by atoms with Crippen LogP contribution in [0.1, 0.15) is 223 Å². The minimum atomic E-state index is -3.82. The van der Waals surface area contributed by atoms with E-state index in [1.54, 1.807) is 4.31 Å². The van der Waals surface area contributed by atoms with E-state index in [0.29, 0.717) is 23.7 Å². The van der Waals surface area contributed by atoms with E-state index >= 15 is 0 Å². The molecule has 0 radical (unpaired) electrons. The highest BCUT2D eigenvalue weighted by Crippen LogP contribution is 2.70. The molecule has 2 bridgehead atoms. The minimum Gasteiger partial charge on any atom is -0.386 e. The number of hydrogen-bond acceptors (Lipinski definition) is 5. The molecule has 4 aliphatic rings. The zero-order valence-corrected chi connectivity index (χ0v) is 37.6. The van der Waals surface area contributed by atoms with Crippen molar-refractivity contribution in [1.29, 1.82) is 0 Å². The molecule has 56 heavy (non-hydrogen) atoms. The summed E-state index contributed by atoms with van der Waals surface area (Å²) < 4.78 is 35.1. The number of hydrogen-bond donors (Lipinski definition) is 0. The fourth-order valence-electron chi connectivity index (χ4n) is 11.7. The molecule has 10 unspecified atom stereocenters. The average Bonchev–Trinajstić information content (AvgIpc) is 3.41. The monoisotopic (exact) mass is 796 g/mol. The summed E-state index contributed by atoms with van der Waals surface area (Å²) in [5.74, 6) is 4.11. The van der Waals surface area contributed by atoms with Gasteiger partial charge in [0.15, 0.2) is 0 Å². The van der Waals surface area contributed by atoms with Gasteiger partial charge in [-0.05, 0) is 98.1 Å². The van der Waals surface area contributed by atoms with Gasteiger partial charge >= 0.3 is 11.9 Å². The molecule has 1 aromatic rings. The summed E-state index contributed by atoms with van der Waals surface area (Å²) >= 11 is 0. The van der Waals surface area contributed by atoms with Gasteiger partial charge in [-0.25, -0.2) is 18.0 Å². The number of carbonyl (C=O) groups excluding carboxylic acids is 2. The van der Waals surface area contributed by atoms with Gasteiger partial charge in [-0.15, -0.1) is 0 Å². The van der Waals surface area contributed by atoms with E-state index in [9.17, 15) is 18.0 Å². The summed E-state index contributed by atoms with van der Waals surface area (Å²) in [5.41, 5.74) is -0.0990. The molecule has 1 aromatic carbocycles. The second kappa shape index (κ2) is 21.0. The molecule has 1 spiro atoms. The molecule has 10 atom stereocenters. The van der Waals surface area contributed by atoms with Crippen LogP contribution in [0.3, 0.4) is 0 Å². The Labute approximate surface area is 343 Å². The van der Waals surface area contributed by atoms with Gasteiger partial charge in [0.2, 0.25) is 10.0 Å². The molecule has 2 aliphatic heterocycles. The number of esters is 2. The van der Waals surface area contributed by atoms with Gasteiger partial charge in [0, 0.05) is 6.04 Å². The van der Waals surface area contributed by atoms with Gasteiger partial charge in [0.25, 0.3) is 0 Å². The minimum absolute atomic E-state index is 0.0464. The molecule has 2 saturated carbocycles. The number of unbranched alkanes of at least 4 members (excludes halogenated alkanes) is 9. The average molecular weight is 796 g/mol. The summed E-state index contributed by atoms with van der Waals surface area (Å²) in [7, 11) is -3.82. The molecule has 7 heteroatoms. The Morgan fingerprint density at radius 1 is 0.679 bits per heavy atom. The van der Waals surface area contributed by atoms with Crippen LogP contribution >= 0.6 is 0 Å². The third kappa shape index (κ3) is 11.1. The SMILES string of the molecule is CCC(C)CCCCCCCCCC(C)CCCCC1C2CC(C1CCCCCC(C)CCCC(C)C)C1(C2)C(C)N1S(=O)(=O)c1ccc2c(c1)C(=O)OC2=O. The Morgan fingerprint density at radius 3 is 1.82 bits per heavy atom. The molecule has 318 valence electrons. The highest BCUT2D eigenvalue weighted by atomic mass is 32.2. The van der Waals surface area contributed by atoms with Crippen molar-refractivity contribution in [2.75, 3.05) is 0 Å². The Morgan fingerprint density at radius 2 is 1.20 bits per heavy atom. The first-order valence-electron chi connectivity index (χ1n) is 23.8. The molecular formula is C49H81NO5S. The predicted molar refractivity (Wildman–Crippen MR) is 230 cm³/mol. The number of sulfonamides is 1. The van der Waals surface area contributed by atoms with Gasteiger partial charge in [-0.1, -0.05) is 170 Å². The van der Waals surface area contributed by atoms with Crippen molar-refractivity contribution in [3.05, 3.63) is 29.3 Å². The van der Waals surface area contributed by atoms with E-state index in [1.165, 1.54) is 159 Å². The number of fused-ring (bicyclic) bond motifs is 4. The Balaban J connectivity index is 1.11. The number of benzene rings is 1. The molecule has 0 N–H and O–H groups in total. The van der Waals surface area contributed by atoms with E-state index in [2.05, 4.69) is 48.5 Å². The molecule has 5 rings (SSSR count). The van der Waals surface area contributed by atoms with Gasteiger partial charge in [0.1, 0.15) is 0 Å². The summed E-state index contributed by atoms with van der Waals surface area (Å²) in [6.07, 6.45) is 31.7. The van der Waals surface area contributed by atoms with Gasteiger partial charge < -0.3 is 4.74 Å². The first-order chi connectivity index (χ1) is 26.8. The quantitative estimate of drug-likeness (QED) is 0.0365. The van der Waals surface area contributed by atoms with E-state index in [4.69, 9.17) is 4.74 Å². The summed E-state index contributed by atoms with van der Waals surface area (Å²) in [4.78, 5) is 24.5. The maximum Gasteiger partial charge on any atom is 0.346 e. The summed E-state index contributed by atoms with van der Waals surface area (Å²) in [5, 5.41) is 0. The topological polar surface area (TPSA) is 80.5 Å². The maximum atomic E-state index is 14.3. The Hall–Kier alpha value is -1.73. The normalized spacial score (nSPS) is 28.3. The lowest BCUT2D eigenvalue weighted by Crippen LogP contribution is -2.38. The van der Waals surface area contributed by atoms with Crippen molar-refractivity contribution in [1.82, 2.24) is 4.31 Å². The van der Waals surface area contributed by atoms with Crippen LogP contribution in [0.15, 0.2) is 23.1 Å². The number of ether oxygens (including phenoxy) is 1. The maximum absolute atomic E-state index is 14.3. The highest BCUT2D eigenvalue weighted by Gasteiger charge is 2.76. The number of rotatable bonds is 28. The lowest BCUT2D eigenvalue weighted by Gasteiger charge is -2.37. The van der Waals surface area contributed by atoms with Crippen molar-refractivity contribution in [2.45, 2.75) is 219 Å². The Kier molecular flexibility index (Phi) is 17.0. The first-order valence-corrected chi connectivity index (χ1v) is 25.2. The van der Waals surface area contributed by atoms with Crippen molar-refractivity contribution in [3.63, 3.8) is 0 Å². The summed E-state index contributed by atoms with van der Waals surface area (Å²) in [6.45, 7) is 16.3. The molecule has 1 saturated heterocycles. The third-order valence-corrected chi connectivity index (χ3v) is 17.4. The smallest absolute Gasteiger partial charge is 0.346 e. The molecule has 0 amide bonds. The van der Waals surface area contributed by atoms with Crippen LogP contribution in [-0.2, 0) is 14.8 Å². The lowest BCUT2D eigenvalue weighted by atomic mass is 9.69. The Bertz CT molecular complexity index is 1520. The molecule has 2 heterocycles. The first kappa shape index (κ1) is 45.4. The fourth-order valence-corrected chi connectivity index (χ4v) is 13.8. The second-order valence-electron chi connectivity index (χ2n) is 20.0. The molecule has 0 aromatic heterocycles. The van der Waals surface area contributed by atoms with E-state index in [-0.39, 0.29) is 27.6 Å². The van der Waals surface area contributed by atoms with Crippen molar-refractivity contribution < 1.29 is 22.7 Å². The van der Waals surface area contributed by atoms with Crippen molar-refractivity contribution >= 4 is 22.0 Å². The highest BCUT2D eigenvalue weighted by molar-refractivity contribution is 7.89. The van der Waals surface area contributed by atoms with Crippen molar-refractivity contribution in [2.24, 2.45) is 47.3 Å². The number of cyclic esters (lactones) is 2. The standard InChI is InChI=1S/C49H81NO5S/c1-8-36(4)23-15-12-10-9-11-13-16-24-37(5)26-19-20-28-42-40-32-46(43(42)29-18-14-17-25-38(6)27-21-22-35(2)3)49(34-40)39(7)50(49)56(53,54)41-30-31-44-45(33-41)48(52)55-47(44)51/h30-31,33,35-40,42-43,46H,8-29,32,34H2,1-7H3.